The van der Waals surface area contributed by atoms with Crippen LogP contribution < -0.4 is 0 Å². The summed E-state index contributed by atoms with van der Waals surface area (Å²) in [5.74, 6) is -0.643. The number of likely N-dealkylation sites (tertiary alicyclic amines) is 1. The van der Waals surface area contributed by atoms with Crippen LogP contribution in [0.25, 0.3) is 0 Å². The molecular formula is C23H25ClF3NO2. The number of alkyl halides is 3. The van der Waals surface area contributed by atoms with Crippen molar-refractivity contribution < 1.29 is 23.1 Å². The molecule has 0 bridgehead atoms. The third-order valence-electron chi connectivity index (χ3n) is 5.69. The quantitative estimate of drug-likeness (QED) is 0.577. The van der Waals surface area contributed by atoms with Gasteiger partial charge in [-0.3, -0.25) is 9.69 Å². The van der Waals surface area contributed by atoms with E-state index in [0.717, 1.165) is 30.0 Å². The second kappa shape index (κ2) is 8.98. The van der Waals surface area contributed by atoms with Crippen LogP contribution in [0.15, 0.2) is 42.5 Å². The molecule has 0 amide bonds. The zero-order chi connectivity index (χ0) is 22.1. The molecule has 162 valence electrons. The van der Waals surface area contributed by atoms with Crippen LogP contribution in [0.2, 0.25) is 5.02 Å². The molecule has 1 heterocycles. The van der Waals surface area contributed by atoms with Gasteiger partial charge in [0.25, 0.3) is 0 Å². The molecule has 1 saturated heterocycles. The molecule has 30 heavy (non-hydrogen) atoms. The summed E-state index contributed by atoms with van der Waals surface area (Å²) in [6, 6.07) is 10.2. The molecule has 7 heteroatoms. The van der Waals surface area contributed by atoms with Crippen LogP contribution in [0.4, 0.5) is 13.2 Å². The van der Waals surface area contributed by atoms with Gasteiger partial charge in [-0.1, -0.05) is 62.2 Å². The highest BCUT2D eigenvalue weighted by atomic mass is 35.5. The van der Waals surface area contributed by atoms with E-state index in [-0.39, 0.29) is 5.02 Å². The molecule has 0 spiro atoms. The standard InChI is InChI=1S/C23H25ClF3NO2/c1-14(2)15-6-8-16(9-7-15)21(28-12-4-3-5-20(28)22(29)30)17-10-11-19(24)18(13-17)23(25,26)27/h6-11,13-14,20-21H,3-5,12H2,1-2H3,(H,29,30). The number of rotatable bonds is 5. The van der Waals surface area contributed by atoms with Crippen molar-refractivity contribution in [2.45, 2.75) is 57.3 Å². The first-order valence-electron chi connectivity index (χ1n) is 10.0. The Hall–Kier alpha value is -2.05. The van der Waals surface area contributed by atoms with Gasteiger partial charge < -0.3 is 5.11 Å². The van der Waals surface area contributed by atoms with Gasteiger partial charge in [0.1, 0.15) is 6.04 Å². The highest BCUT2D eigenvalue weighted by molar-refractivity contribution is 6.31. The van der Waals surface area contributed by atoms with Crippen molar-refractivity contribution >= 4 is 17.6 Å². The van der Waals surface area contributed by atoms with Gasteiger partial charge >= 0.3 is 12.1 Å². The number of halogens is 4. The summed E-state index contributed by atoms with van der Waals surface area (Å²) in [5, 5.41) is 9.39. The minimum atomic E-state index is -4.59. The maximum Gasteiger partial charge on any atom is 0.417 e. The first kappa shape index (κ1) is 22.6. The number of carboxylic acids is 1. The molecule has 1 fully saturated rings. The molecule has 2 aromatic carbocycles. The van der Waals surface area contributed by atoms with E-state index in [1.54, 1.807) is 11.0 Å². The summed E-state index contributed by atoms with van der Waals surface area (Å²) in [6.45, 7) is 4.62. The summed E-state index contributed by atoms with van der Waals surface area (Å²) < 4.78 is 40.5. The van der Waals surface area contributed by atoms with E-state index >= 15 is 0 Å². The Morgan fingerprint density at radius 3 is 2.23 bits per heavy atom. The van der Waals surface area contributed by atoms with E-state index in [0.29, 0.717) is 24.4 Å². The Bertz CT molecular complexity index is 896. The normalized spacial score (nSPS) is 19.1. The van der Waals surface area contributed by atoms with Crippen LogP contribution in [0, 0.1) is 0 Å². The lowest BCUT2D eigenvalue weighted by Crippen LogP contribution is -2.46. The van der Waals surface area contributed by atoms with Gasteiger partial charge in [-0.25, -0.2) is 0 Å². The van der Waals surface area contributed by atoms with Crippen molar-refractivity contribution in [1.82, 2.24) is 4.90 Å². The summed E-state index contributed by atoms with van der Waals surface area (Å²) in [7, 11) is 0. The predicted octanol–water partition coefficient (Wildman–Crippen LogP) is 6.51. The summed E-state index contributed by atoms with van der Waals surface area (Å²) in [6.07, 6.45) is -2.55. The van der Waals surface area contributed by atoms with Crippen molar-refractivity contribution in [3.05, 3.63) is 69.7 Å². The zero-order valence-electron chi connectivity index (χ0n) is 16.9. The van der Waals surface area contributed by atoms with Crippen molar-refractivity contribution in [2.24, 2.45) is 0 Å². The van der Waals surface area contributed by atoms with Gasteiger partial charge in [0.15, 0.2) is 0 Å². The van der Waals surface area contributed by atoms with E-state index in [1.165, 1.54) is 6.07 Å². The summed E-state index contributed by atoms with van der Waals surface area (Å²) in [4.78, 5) is 13.7. The first-order valence-corrected chi connectivity index (χ1v) is 10.4. The molecule has 2 aromatic rings. The van der Waals surface area contributed by atoms with Gasteiger partial charge in [-0.2, -0.15) is 13.2 Å². The van der Waals surface area contributed by atoms with E-state index in [2.05, 4.69) is 13.8 Å². The van der Waals surface area contributed by atoms with Crippen molar-refractivity contribution in [2.75, 3.05) is 6.54 Å². The fraction of sp³-hybridized carbons (Fsp3) is 0.435. The maximum absolute atomic E-state index is 13.5. The SMILES string of the molecule is CC(C)c1ccc(C(c2ccc(Cl)c(C(F)(F)F)c2)N2CCCCC2C(=O)O)cc1. The Kier molecular flexibility index (Phi) is 6.78. The van der Waals surface area contributed by atoms with Crippen LogP contribution in [-0.2, 0) is 11.0 Å². The second-order valence-corrected chi connectivity index (χ2v) is 8.46. The highest BCUT2D eigenvalue weighted by Gasteiger charge is 2.38. The monoisotopic (exact) mass is 439 g/mol. The van der Waals surface area contributed by atoms with E-state index < -0.39 is 29.8 Å². The lowest BCUT2D eigenvalue weighted by atomic mass is 9.89. The predicted molar refractivity (Wildman–Crippen MR) is 111 cm³/mol. The Morgan fingerprint density at radius 2 is 1.67 bits per heavy atom. The molecule has 0 aromatic heterocycles. The van der Waals surface area contributed by atoms with Gasteiger partial charge in [0, 0.05) is 0 Å². The van der Waals surface area contributed by atoms with Crippen LogP contribution >= 0.6 is 11.6 Å². The molecule has 0 aliphatic carbocycles. The number of hydrogen-bond donors (Lipinski definition) is 1. The topological polar surface area (TPSA) is 40.5 Å². The summed E-state index contributed by atoms with van der Waals surface area (Å²) >= 11 is 5.82. The van der Waals surface area contributed by atoms with Crippen molar-refractivity contribution in [1.29, 1.82) is 0 Å². The van der Waals surface area contributed by atoms with E-state index in [1.807, 2.05) is 24.3 Å². The van der Waals surface area contributed by atoms with Gasteiger partial charge in [-0.15, -0.1) is 0 Å². The molecule has 2 atom stereocenters. The number of carboxylic acid groups (broad SMARTS) is 1. The molecule has 2 unspecified atom stereocenters. The van der Waals surface area contributed by atoms with E-state index in [4.69, 9.17) is 11.6 Å². The number of nitrogens with zero attached hydrogens (tertiary/aromatic N) is 1. The number of aliphatic carboxylic acids is 1. The lowest BCUT2D eigenvalue weighted by Gasteiger charge is -2.40. The average Bonchev–Trinajstić information content (AvgIpc) is 2.69. The van der Waals surface area contributed by atoms with Crippen molar-refractivity contribution in [3.63, 3.8) is 0 Å². The summed E-state index contributed by atoms with van der Waals surface area (Å²) in [5.41, 5.74) is 1.35. The highest BCUT2D eigenvalue weighted by Crippen LogP contribution is 2.40. The molecule has 3 rings (SSSR count). The number of carbonyl (C=O) groups is 1. The van der Waals surface area contributed by atoms with E-state index in [9.17, 15) is 23.1 Å². The molecule has 0 radical (unpaired) electrons. The third-order valence-corrected chi connectivity index (χ3v) is 6.02. The Balaban J connectivity index is 2.13. The van der Waals surface area contributed by atoms with Crippen LogP contribution in [0.5, 0.6) is 0 Å². The molecule has 3 nitrogen and oxygen atoms in total. The Morgan fingerprint density at radius 1 is 1.07 bits per heavy atom. The first-order chi connectivity index (χ1) is 14.1. The fourth-order valence-electron chi connectivity index (χ4n) is 4.10. The van der Waals surface area contributed by atoms with Gasteiger partial charge in [0.2, 0.25) is 0 Å². The minimum Gasteiger partial charge on any atom is -0.480 e. The molecule has 1 aliphatic rings. The smallest absolute Gasteiger partial charge is 0.417 e. The fourth-order valence-corrected chi connectivity index (χ4v) is 4.32. The zero-order valence-corrected chi connectivity index (χ0v) is 17.7. The molecule has 1 N–H and O–H groups in total. The minimum absolute atomic E-state index is 0.312. The van der Waals surface area contributed by atoms with Gasteiger partial charge in [-0.05, 0) is 54.1 Å². The average molecular weight is 440 g/mol. The van der Waals surface area contributed by atoms with Crippen LogP contribution in [0.3, 0.4) is 0 Å². The molecule has 0 saturated carbocycles. The second-order valence-electron chi connectivity index (χ2n) is 8.05. The molecular weight excluding hydrogens is 415 g/mol. The Labute approximate surface area is 179 Å². The van der Waals surface area contributed by atoms with Gasteiger partial charge in [0.05, 0.1) is 16.6 Å². The molecule has 1 aliphatic heterocycles. The number of piperidine rings is 1. The third kappa shape index (κ3) is 4.81. The van der Waals surface area contributed by atoms with Crippen LogP contribution in [-0.4, -0.2) is 28.6 Å². The maximum atomic E-state index is 13.5. The van der Waals surface area contributed by atoms with Crippen molar-refractivity contribution in [3.8, 4) is 0 Å². The number of hydrogen-bond acceptors (Lipinski definition) is 2. The number of benzene rings is 2. The van der Waals surface area contributed by atoms with Crippen LogP contribution in [0.1, 0.15) is 67.3 Å². The largest absolute Gasteiger partial charge is 0.480 e. The lowest BCUT2D eigenvalue weighted by molar-refractivity contribution is -0.145.